The highest BCUT2D eigenvalue weighted by Gasteiger charge is 2.47. The Morgan fingerprint density at radius 1 is 1.46 bits per heavy atom. The Morgan fingerprint density at radius 3 is 2.46 bits per heavy atom. The molecule has 2 atom stereocenters. The molecule has 2 N–H and O–H groups in total. The van der Waals surface area contributed by atoms with Gasteiger partial charge in [-0.05, 0) is 32.6 Å². The lowest BCUT2D eigenvalue weighted by Crippen LogP contribution is -2.54. The summed E-state index contributed by atoms with van der Waals surface area (Å²) < 4.78 is 5.68. The number of rotatable bonds is 3. The standard InChI is InChI=1S/C11H23NO/c1-5-9(2)8-11(12)6-7-13-10(11,3)4/h9H,5-8,12H2,1-4H3. The lowest BCUT2D eigenvalue weighted by atomic mass is 9.76. The highest BCUT2D eigenvalue weighted by atomic mass is 16.5. The Labute approximate surface area is 81.8 Å². The monoisotopic (exact) mass is 185 g/mol. The van der Waals surface area contributed by atoms with Crippen LogP contribution in [0.4, 0.5) is 0 Å². The number of ether oxygens (including phenoxy) is 1. The first-order valence-electron chi connectivity index (χ1n) is 5.34. The maximum atomic E-state index is 6.39. The Kier molecular flexibility index (Phi) is 3.03. The third kappa shape index (κ3) is 2.05. The molecule has 0 aromatic rings. The molecule has 0 amide bonds. The van der Waals surface area contributed by atoms with E-state index in [-0.39, 0.29) is 11.1 Å². The molecule has 0 bridgehead atoms. The smallest absolute Gasteiger partial charge is 0.0806 e. The Bertz CT molecular complexity index is 179. The van der Waals surface area contributed by atoms with Crippen LogP contribution in [-0.2, 0) is 4.74 Å². The van der Waals surface area contributed by atoms with Crippen LogP contribution in [0.15, 0.2) is 0 Å². The van der Waals surface area contributed by atoms with E-state index in [1.807, 2.05) is 0 Å². The molecule has 1 heterocycles. The van der Waals surface area contributed by atoms with Gasteiger partial charge >= 0.3 is 0 Å². The van der Waals surface area contributed by atoms with E-state index in [4.69, 9.17) is 10.5 Å². The molecule has 78 valence electrons. The summed E-state index contributed by atoms with van der Waals surface area (Å²) in [6.07, 6.45) is 3.29. The molecule has 0 spiro atoms. The van der Waals surface area contributed by atoms with Gasteiger partial charge in [-0.15, -0.1) is 0 Å². The normalized spacial score (nSPS) is 34.8. The summed E-state index contributed by atoms with van der Waals surface area (Å²) in [5.74, 6) is 0.700. The maximum absolute atomic E-state index is 6.39. The van der Waals surface area contributed by atoms with Crippen LogP contribution in [0, 0.1) is 5.92 Å². The van der Waals surface area contributed by atoms with Gasteiger partial charge in [-0.3, -0.25) is 0 Å². The van der Waals surface area contributed by atoms with Crippen LogP contribution < -0.4 is 5.73 Å². The third-order valence-corrected chi connectivity index (χ3v) is 3.62. The van der Waals surface area contributed by atoms with Gasteiger partial charge in [0.1, 0.15) is 0 Å². The fourth-order valence-electron chi connectivity index (χ4n) is 2.05. The van der Waals surface area contributed by atoms with E-state index in [9.17, 15) is 0 Å². The fourth-order valence-corrected chi connectivity index (χ4v) is 2.05. The average Bonchev–Trinajstić information content (AvgIpc) is 2.26. The minimum absolute atomic E-state index is 0.109. The predicted octanol–water partition coefficient (Wildman–Crippen LogP) is 2.32. The first-order chi connectivity index (χ1) is 5.91. The summed E-state index contributed by atoms with van der Waals surface area (Å²) >= 11 is 0. The van der Waals surface area contributed by atoms with E-state index in [0.29, 0.717) is 5.92 Å². The van der Waals surface area contributed by atoms with Crippen LogP contribution in [0.25, 0.3) is 0 Å². The van der Waals surface area contributed by atoms with Crippen molar-refractivity contribution in [2.24, 2.45) is 11.7 Å². The van der Waals surface area contributed by atoms with Gasteiger partial charge in [0.2, 0.25) is 0 Å². The molecule has 0 aromatic heterocycles. The van der Waals surface area contributed by atoms with Gasteiger partial charge in [0.05, 0.1) is 5.60 Å². The lowest BCUT2D eigenvalue weighted by Gasteiger charge is -2.38. The van der Waals surface area contributed by atoms with Crippen molar-refractivity contribution >= 4 is 0 Å². The molecule has 13 heavy (non-hydrogen) atoms. The van der Waals surface area contributed by atoms with Gasteiger partial charge in [-0.25, -0.2) is 0 Å². The van der Waals surface area contributed by atoms with E-state index >= 15 is 0 Å². The second-order valence-electron chi connectivity index (χ2n) is 4.98. The van der Waals surface area contributed by atoms with Crippen molar-refractivity contribution in [1.82, 2.24) is 0 Å². The van der Waals surface area contributed by atoms with Crippen LogP contribution in [0.2, 0.25) is 0 Å². The summed E-state index contributed by atoms with van der Waals surface area (Å²) in [6, 6.07) is 0. The molecule has 1 aliphatic heterocycles. The summed E-state index contributed by atoms with van der Waals surface area (Å²) in [7, 11) is 0. The van der Waals surface area contributed by atoms with Gasteiger partial charge < -0.3 is 10.5 Å². The maximum Gasteiger partial charge on any atom is 0.0806 e. The summed E-state index contributed by atoms with van der Waals surface area (Å²) in [6.45, 7) is 9.53. The number of nitrogens with two attached hydrogens (primary N) is 1. The van der Waals surface area contributed by atoms with E-state index in [1.165, 1.54) is 6.42 Å². The zero-order valence-electron chi connectivity index (χ0n) is 9.39. The second-order valence-corrected chi connectivity index (χ2v) is 4.98. The number of hydrogen-bond acceptors (Lipinski definition) is 2. The van der Waals surface area contributed by atoms with Crippen molar-refractivity contribution < 1.29 is 4.74 Å². The van der Waals surface area contributed by atoms with Gasteiger partial charge in [-0.2, -0.15) is 0 Å². The van der Waals surface area contributed by atoms with Gasteiger partial charge in [0, 0.05) is 12.1 Å². The summed E-state index contributed by atoms with van der Waals surface area (Å²) in [5, 5.41) is 0. The van der Waals surface area contributed by atoms with Gasteiger partial charge in [-0.1, -0.05) is 20.3 Å². The summed E-state index contributed by atoms with van der Waals surface area (Å²) in [4.78, 5) is 0. The second kappa shape index (κ2) is 3.58. The molecular weight excluding hydrogens is 162 g/mol. The van der Waals surface area contributed by atoms with Crippen LogP contribution in [0.5, 0.6) is 0 Å². The van der Waals surface area contributed by atoms with E-state index < -0.39 is 0 Å². The SMILES string of the molecule is CCC(C)CC1(N)CCOC1(C)C. The van der Waals surface area contributed by atoms with Crippen molar-refractivity contribution in [3.05, 3.63) is 0 Å². The molecule has 2 nitrogen and oxygen atoms in total. The van der Waals surface area contributed by atoms with Gasteiger partial charge in [0.15, 0.2) is 0 Å². The van der Waals surface area contributed by atoms with E-state index in [2.05, 4.69) is 27.7 Å². The molecule has 0 saturated carbocycles. The molecule has 0 aromatic carbocycles. The molecule has 0 radical (unpaired) electrons. The molecule has 1 aliphatic rings. The van der Waals surface area contributed by atoms with Crippen molar-refractivity contribution in [3.63, 3.8) is 0 Å². The minimum atomic E-state index is -0.142. The van der Waals surface area contributed by atoms with Crippen molar-refractivity contribution in [1.29, 1.82) is 0 Å². The molecular formula is C11H23NO. The zero-order chi connectivity index (χ0) is 10.1. The van der Waals surface area contributed by atoms with E-state index in [0.717, 1.165) is 19.4 Å². The molecule has 0 aliphatic carbocycles. The highest BCUT2D eigenvalue weighted by molar-refractivity contribution is 5.03. The van der Waals surface area contributed by atoms with Crippen LogP contribution in [-0.4, -0.2) is 17.7 Å². The molecule has 2 heteroatoms. The molecule has 1 saturated heterocycles. The number of hydrogen-bond donors (Lipinski definition) is 1. The summed E-state index contributed by atoms with van der Waals surface area (Å²) in [5.41, 5.74) is 6.14. The first kappa shape index (κ1) is 11.0. The lowest BCUT2D eigenvalue weighted by molar-refractivity contribution is -0.00593. The zero-order valence-corrected chi connectivity index (χ0v) is 9.39. The van der Waals surface area contributed by atoms with Gasteiger partial charge in [0.25, 0.3) is 0 Å². The molecule has 1 fully saturated rings. The average molecular weight is 185 g/mol. The Morgan fingerprint density at radius 2 is 2.08 bits per heavy atom. The minimum Gasteiger partial charge on any atom is -0.374 e. The van der Waals surface area contributed by atoms with E-state index in [1.54, 1.807) is 0 Å². The van der Waals surface area contributed by atoms with Crippen molar-refractivity contribution in [2.75, 3.05) is 6.61 Å². The quantitative estimate of drug-likeness (QED) is 0.732. The van der Waals surface area contributed by atoms with Crippen molar-refractivity contribution in [3.8, 4) is 0 Å². The van der Waals surface area contributed by atoms with Crippen LogP contribution in [0.1, 0.15) is 47.0 Å². The van der Waals surface area contributed by atoms with Crippen molar-refractivity contribution in [2.45, 2.75) is 58.1 Å². The Hall–Kier alpha value is -0.0800. The highest BCUT2D eigenvalue weighted by Crippen LogP contribution is 2.38. The third-order valence-electron chi connectivity index (χ3n) is 3.62. The first-order valence-corrected chi connectivity index (χ1v) is 5.34. The predicted molar refractivity (Wildman–Crippen MR) is 55.6 cm³/mol. The molecule has 2 unspecified atom stereocenters. The topological polar surface area (TPSA) is 35.2 Å². The molecule has 1 rings (SSSR count). The van der Waals surface area contributed by atoms with Crippen LogP contribution >= 0.6 is 0 Å². The largest absolute Gasteiger partial charge is 0.374 e. The Balaban J connectivity index is 2.64. The fraction of sp³-hybridized carbons (Fsp3) is 1.00. The van der Waals surface area contributed by atoms with Crippen LogP contribution in [0.3, 0.4) is 0 Å².